The van der Waals surface area contributed by atoms with Crippen molar-refractivity contribution in [3.05, 3.63) is 0 Å². The van der Waals surface area contributed by atoms with Crippen LogP contribution < -0.4 is 0 Å². The topological polar surface area (TPSA) is 47.9 Å². The van der Waals surface area contributed by atoms with Crippen LogP contribution in [0.25, 0.3) is 0 Å². The second-order valence-electron chi connectivity index (χ2n) is 7.67. The summed E-state index contributed by atoms with van der Waals surface area (Å²) in [5, 5.41) is 8.68. The first kappa shape index (κ1) is 21.8. The second-order valence-corrected chi connectivity index (χ2v) is 7.67. The third-order valence-corrected chi connectivity index (χ3v) is 3.48. The van der Waals surface area contributed by atoms with Gasteiger partial charge in [-0.3, -0.25) is 0 Å². The molecule has 0 aromatic rings. The Morgan fingerprint density at radius 3 is 1.73 bits per heavy atom. The van der Waals surface area contributed by atoms with Gasteiger partial charge in [-0.05, 0) is 60.8 Å². The van der Waals surface area contributed by atoms with Crippen LogP contribution in [0.5, 0.6) is 0 Å². The van der Waals surface area contributed by atoms with Crippen LogP contribution in [0.1, 0.15) is 80.6 Å². The van der Waals surface area contributed by atoms with Gasteiger partial charge in [0.1, 0.15) is 0 Å². The molecule has 0 aromatic carbocycles. The van der Waals surface area contributed by atoms with Crippen LogP contribution in [-0.2, 0) is 14.2 Å². The van der Waals surface area contributed by atoms with Crippen molar-refractivity contribution in [3.8, 4) is 0 Å². The van der Waals surface area contributed by atoms with Gasteiger partial charge in [-0.15, -0.1) is 0 Å². The van der Waals surface area contributed by atoms with Gasteiger partial charge in [0.05, 0.1) is 24.4 Å². The summed E-state index contributed by atoms with van der Waals surface area (Å²) in [6.45, 7) is 15.7. The molecule has 0 aliphatic rings. The SMILES string of the molecule is CCCCC(C)(C)OC(C)(C)OC(C)(C)CCCOCCO. The summed E-state index contributed by atoms with van der Waals surface area (Å²) in [5.74, 6) is -0.618. The molecule has 0 atom stereocenters. The number of hydrogen-bond donors (Lipinski definition) is 1. The zero-order valence-corrected chi connectivity index (χ0v) is 15.8. The van der Waals surface area contributed by atoms with Gasteiger partial charge in [-0.2, -0.15) is 0 Å². The third kappa shape index (κ3) is 11.4. The van der Waals surface area contributed by atoms with Crippen molar-refractivity contribution in [3.63, 3.8) is 0 Å². The summed E-state index contributed by atoms with van der Waals surface area (Å²) in [6.07, 6.45) is 5.16. The van der Waals surface area contributed by atoms with E-state index in [0.29, 0.717) is 13.2 Å². The van der Waals surface area contributed by atoms with E-state index in [4.69, 9.17) is 19.3 Å². The lowest BCUT2D eigenvalue weighted by Gasteiger charge is -2.41. The van der Waals surface area contributed by atoms with E-state index >= 15 is 0 Å². The first-order valence-electron chi connectivity index (χ1n) is 8.62. The number of hydrogen-bond acceptors (Lipinski definition) is 4. The van der Waals surface area contributed by atoms with Gasteiger partial charge < -0.3 is 19.3 Å². The van der Waals surface area contributed by atoms with Crippen LogP contribution in [0, 0.1) is 0 Å². The number of unbranched alkanes of at least 4 members (excludes halogenated alkanes) is 1. The minimum atomic E-state index is -0.618. The van der Waals surface area contributed by atoms with E-state index in [1.54, 1.807) is 0 Å². The average molecular weight is 318 g/mol. The van der Waals surface area contributed by atoms with Gasteiger partial charge in [0.15, 0.2) is 5.79 Å². The maximum atomic E-state index is 8.68. The lowest BCUT2D eigenvalue weighted by atomic mass is 10.00. The first-order chi connectivity index (χ1) is 10.0. The second kappa shape index (κ2) is 9.86. The normalized spacial score (nSPS) is 13.6. The molecule has 0 fully saturated rings. The Hall–Kier alpha value is -0.160. The van der Waals surface area contributed by atoms with E-state index in [2.05, 4.69) is 34.6 Å². The highest BCUT2D eigenvalue weighted by Crippen LogP contribution is 2.31. The fourth-order valence-electron chi connectivity index (χ4n) is 2.82. The molecule has 0 radical (unpaired) electrons. The number of ether oxygens (including phenoxy) is 3. The summed E-state index contributed by atoms with van der Waals surface area (Å²) < 4.78 is 17.7. The van der Waals surface area contributed by atoms with Crippen molar-refractivity contribution in [1.82, 2.24) is 0 Å². The predicted octanol–water partition coefficient (Wildman–Crippen LogP) is 4.29. The van der Waals surface area contributed by atoms with E-state index in [-0.39, 0.29) is 17.8 Å². The van der Waals surface area contributed by atoms with Crippen LogP contribution in [0.2, 0.25) is 0 Å². The van der Waals surface area contributed by atoms with Crippen LogP contribution in [0.3, 0.4) is 0 Å². The summed E-state index contributed by atoms with van der Waals surface area (Å²) in [5.41, 5.74) is -0.452. The van der Waals surface area contributed by atoms with Crippen LogP contribution in [0.15, 0.2) is 0 Å². The zero-order valence-electron chi connectivity index (χ0n) is 15.8. The molecule has 22 heavy (non-hydrogen) atoms. The predicted molar refractivity (Wildman–Crippen MR) is 91.1 cm³/mol. The maximum absolute atomic E-state index is 8.68. The van der Waals surface area contributed by atoms with Crippen molar-refractivity contribution in [2.45, 2.75) is 97.6 Å². The molecule has 0 rings (SSSR count). The molecule has 0 unspecified atom stereocenters. The number of rotatable bonds is 13. The van der Waals surface area contributed by atoms with Crippen molar-refractivity contribution in [2.24, 2.45) is 0 Å². The van der Waals surface area contributed by atoms with Crippen LogP contribution >= 0.6 is 0 Å². The molecule has 4 nitrogen and oxygen atoms in total. The highest BCUT2D eigenvalue weighted by molar-refractivity contribution is 4.76. The van der Waals surface area contributed by atoms with Gasteiger partial charge >= 0.3 is 0 Å². The van der Waals surface area contributed by atoms with Gasteiger partial charge in [0, 0.05) is 6.61 Å². The molecule has 0 heterocycles. The Bertz CT molecular complexity index is 285. The van der Waals surface area contributed by atoms with Gasteiger partial charge in [0.25, 0.3) is 0 Å². The van der Waals surface area contributed by atoms with E-state index < -0.39 is 5.79 Å². The molecule has 0 aromatic heterocycles. The molecule has 0 spiro atoms. The van der Waals surface area contributed by atoms with Crippen molar-refractivity contribution in [1.29, 1.82) is 0 Å². The Kier molecular flexibility index (Phi) is 9.79. The molecular weight excluding hydrogens is 280 g/mol. The lowest BCUT2D eigenvalue weighted by molar-refractivity contribution is -0.301. The quantitative estimate of drug-likeness (QED) is 0.406. The standard InChI is InChI=1S/C18H38O4/c1-8-9-11-16(2,3)21-18(6,7)22-17(4,5)12-10-14-20-15-13-19/h19H,8-15H2,1-7H3. The van der Waals surface area contributed by atoms with Crippen molar-refractivity contribution < 1.29 is 19.3 Å². The maximum Gasteiger partial charge on any atom is 0.164 e. The molecule has 0 saturated heterocycles. The Balaban J connectivity index is 4.29. The van der Waals surface area contributed by atoms with Crippen LogP contribution in [0.4, 0.5) is 0 Å². The van der Waals surface area contributed by atoms with E-state index in [9.17, 15) is 0 Å². The molecule has 0 saturated carbocycles. The number of aliphatic hydroxyl groups is 1. The molecule has 0 amide bonds. The highest BCUT2D eigenvalue weighted by Gasteiger charge is 2.34. The number of aliphatic hydroxyl groups excluding tert-OH is 1. The largest absolute Gasteiger partial charge is 0.394 e. The lowest BCUT2D eigenvalue weighted by Crippen LogP contribution is -2.44. The summed E-state index contributed by atoms with van der Waals surface area (Å²) in [4.78, 5) is 0. The zero-order chi connectivity index (χ0) is 17.3. The van der Waals surface area contributed by atoms with E-state index in [0.717, 1.165) is 25.7 Å². The van der Waals surface area contributed by atoms with E-state index in [1.807, 2.05) is 13.8 Å². The van der Waals surface area contributed by atoms with Gasteiger partial charge in [0.2, 0.25) is 0 Å². The molecule has 0 bridgehead atoms. The summed E-state index contributed by atoms with van der Waals surface area (Å²) >= 11 is 0. The minimum absolute atomic E-state index is 0.0770. The molecule has 0 aliphatic heterocycles. The van der Waals surface area contributed by atoms with Gasteiger partial charge in [-0.25, -0.2) is 0 Å². The fraction of sp³-hybridized carbons (Fsp3) is 1.00. The molecular formula is C18H38O4. The molecule has 0 aliphatic carbocycles. The van der Waals surface area contributed by atoms with Gasteiger partial charge in [-0.1, -0.05) is 19.8 Å². The Labute approximate surface area is 137 Å². The molecule has 1 N–H and O–H groups in total. The Morgan fingerprint density at radius 1 is 0.773 bits per heavy atom. The van der Waals surface area contributed by atoms with E-state index in [1.165, 1.54) is 6.42 Å². The van der Waals surface area contributed by atoms with Crippen LogP contribution in [-0.4, -0.2) is 41.9 Å². The average Bonchev–Trinajstić information content (AvgIpc) is 2.33. The minimum Gasteiger partial charge on any atom is -0.394 e. The first-order valence-corrected chi connectivity index (χ1v) is 8.62. The smallest absolute Gasteiger partial charge is 0.164 e. The Morgan fingerprint density at radius 2 is 1.27 bits per heavy atom. The molecule has 134 valence electrons. The molecule has 4 heteroatoms. The van der Waals surface area contributed by atoms with Crippen molar-refractivity contribution >= 4 is 0 Å². The fourth-order valence-corrected chi connectivity index (χ4v) is 2.82. The summed E-state index contributed by atoms with van der Waals surface area (Å²) in [6, 6.07) is 0. The monoisotopic (exact) mass is 318 g/mol. The van der Waals surface area contributed by atoms with Crippen molar-refractivity contribution in [2.75, 3.05) is 19.8 Å². The highest BCUT2D eigenvalue weighted by atomic mass is 16.7. The summed E-state index contributed by atoms with van der Waals surface area (Å²) in [7, 11) is 0. The third-order valence-electron chi connectivity index (χ3n) is 3.48.